The standard InChI is InChI=1S/C19H21N3O4/c1-2-26-19(24)14-3-5-16(6-4-14)21-17-11-15(12-20-13-17)18(23)22-7-9-25-10-8-22/h3-6,11-13,21H,2,7-10H2,1H3. The van der Waals surface area contributed by atoms with Gasteiger partial charge in [0.05, 0.1) is 42.8 Å². The van der Waals surface area contributed by atoms with E-state index in [9.17, 15) is 9.59 Å². The zero-order valence-electron chi connectivity index (χ0n) is 14.6. The first kappa shape index (κ1) is 17.9. The van der Waals surface area contributed by atoms with Crippen LogP contribution in [0.3, 0.4) is 0 Å². The van der Waals surface area contributed by atoms with E-state index >= 15 is 0 Å². The Morgan fingerprint density at radius 2 is 1.85 bits per heavy atom. The van der Waals surface area contributed by atoms with Gasteiger partial charge >= 0.3 is 5.97 Å². The summed E-state index contributed by atoms with van der Waals surface area (Å²) >= 11 is 0. The number of ether oxygens (including phenoxy) is 2. The lowest BCUT2D eigenvalue weighted by atomic mass is 10.2. The van der Waals surface area contributed by atoms with Crippen LogP contribution in [0.5, 0.6) is 0 Å². The third-order valence-electron chi connectivity index (χ3n) is 3.97. The molecule has 1 aromatic heterocycles. The zero-order valence-corrected chi connectivity index (χ0v) is 14.6. The minimum atomic E-state index is -0.348. The number of hydrogen-bond donors (Lipinski definition) is 1. The van der Waals surface area contributed by atoms with E-state index in [0.29, 0.717) is 49.7 Å². The summed E-state index contributed by atoms with van der Waals surface area (Å²) in [5.74, 6) is -0.402. The summed E-state index contributed by atoms with van der Waals surface area (Å²) in [7, 11) is 0. The van der Waals surface area contributed by atoms with Crippen LogP contribution in [0.4, 0.5) is 11.4 Å². The molecule has 0 atom stereocenters. The van der Waals surface area contributed by atoms with Gasteiger partial charge in [0.25, 0.3) is 5.91 Å². The number of rotatable bonds is 5. The average molecular weight is 355 g/mol. The van der Waals surface area contributed by atoms with Gasteiger partial charge in [-0.3, -0.25) is 9.78 Å². The van der Waals surface area contributed by atoms with E-state index in [1.165, 1.54) is 0 Å². The Morgan fingerprint density at radius 1 is 1.12 bits per heavy atom. The van der Waals surface area contributed by atoms with E-state index in [1.807, 2.05) is 0 Å². The number of amides is 1. The number of anilines is 2. The van der Waals surface area contributed by atoms with Crippen LogP contribution >= 0.6 is 0 Å². The van der Waals surface area contributed by atoms with Crippen molar-refractivity contribution >= 4 is 23.3 Å². The lowest BCUT2D eigenvalue weighted by molar-refractivity contribution is 0.0302. The molecule has 1 aromatic carbocycles. The number of hydrogen-bond acceptors (Lipinski definition) is 6. The summed E-state index contributed by atoms with van der Waals surface area (Å²) < 4.78 is 10.2. The largest absolute Gasteiger partial charge is 0.462 e. The maximum absolute atomic E-state index is 12.5. The minimum absolute atomic E-state index is 0.0536. The van der Waals surface area contributed by atoms with Gasteiger partial charge in [-0.1, -0.05) is 0 Å². The van der Waals surface area contributed by atoms with Crippen molar-refractivity contribution in [2.45, 2.75) is 6.92 Å². The highest BCUT2D eigenvalue weighted by molar-refractivity contribution is 5.95. The van der Waals surface area contributed by atoms with Gasteiger partial charge in [-0.15, -0.1) is 0 Å². The van der Waals surface area contributed by atoms with Crippen molar-refractivity contribution in [3.05, 3.63) is 53.9 Å². The number of morpholine rings is 1. The number of carbonyl (C=O) groups is 2. The topological polar surface area (TPSA) is 80.8 Å². The Bertz CT molecular complexity index is 771. The Morgan fingerprint density at radius 3 is 2.54 bits per heavy atom. The van der Waals surface area contributed by atoms with Crippen molar-refractivity contribution in [3.63, 3.8) is 0 Å². The molecule has 0 unspecified atom stereocenters. The monoisotopic (exact) mass is 355 g/mol. The van der Waals surface area contributed by atoms with Crippen molar-refractivity contribution in [2.75, 3.05) is 38.2 Å². The lowest BCUT2D eigenvalue weighted by Gasteiger charge is -2.26. The normalized spacial score (nSPS) is 14.0. The molecule has 26 heavy (non-hydrogen) atoms. The maximum Gasteiger partial charge on any atom is 0.338 e. The van der Waals surface area contributed by atoms with Gasteiger partial charge in [-0.25, -0.2) is 4.79 Å². The van der Waals surface area contributed by atoms with Gasteiger partial charge in [-0.05, 0) is 37.3 Å². The predicted octanol–water partition coefficient (Wildman–Crippen LogP) is 2.47. The maximum atomic E-state index is 12.5. The van der Waals surface area contributed by atoms with E-state index in [1.54, 1.807) is 54.5 Å². The van der Waals surface area contributed by atoms with Crippen LogP contribution in [0, 0.1) is 0 Å². The molecule has 2 heterocycles. The SMILES string of the molecule is CCOC(=O)c1ccc(Nc2cncc(C(=O)N3CCOCC3)c2)cc1. The van der Waals surface area contributed by atoms with E-state index in [0.717, 1.165) is 5.69 Å². The van der Waals surface area contributed by atoms with Crippen molar-refractivity contribution in [3.8, 4) is 0 Å². The number of nitrogens with zero attached hydrogens (tertiary/aromatic N) is 2. The summed E-state index contributed by atoms with van der Waals surface area (Å²) in [5, 5.41) is 3.19. The fourth-order valence-corrected chi connectivity index (χ4v) is 2.65. The Balaban J connectivity index is 1.68. The fourth-order valence-electron chi connectivity index (χ4n) is 2.65. The van der Waals surface area contributed by atoms with Gasteiger partial charge in [0.1, 0.15) is 0 Å². The van der Waals surface area contributed by atoms with E-state index in [2.05, 4.69) is 10.3 Å². The number of aromatic nitrogens is 1. The molecule has 1 N–H and O–H groups in total. The molecule has 2 aromatic rings. The van der Waals surface area contributed by atoms with Crippen molar-refractivity contribution < 1.29 is 19.1 Å². The van der Waals surface area contributed by atoms with Gasteiger partial charge in [0, 0.05) is 25.0 Å². The molecule has 136 valence electrons. The highest BCUT2D eigenvalue weighted by Crippen LogP contribution is 2.19. The third kappa shape index (κ3) is 4.37. The second kappa shape index (κ2) is 8.44. The number of benzene rings is 1. The summed E-state index contributed by atoms with van der Waals surface area (Å²) in [6.45, 7) is 4.41. The Hall–Kier alpha value is -2.93. The molecule has 3 rings (SSSR count). The second-order valence-corrected chi connectivity index (χ2v) is 5.79. The summed E-state index contributed by atoms with van der Waals surface area (Å²) in [5.41, 5.74) is 2.51. The molecule has 0 spiro atoms. The lowest BCUT2D eigenvalue weighted by Crippen LogP contribution is -2.40. The molecule has 0 radical (unpaired) electrons. The number of esters is 1. The van der Waals surface area contributed by atoms with Crippen LogP contribution < -0.4 is 5.32 Å². The van der Waals surface area contributed by atoms with E-state index in [-0.39, 0.29) is 11.9 Å². The highest BCUT2D eigenvalue weighted by atomic mass is 16.5. The first-order chi connectivity index (χ1) is 12.7. The predicted molar refractivity (Wildman–Crippen MR) is 96.6 cm³/mol. The highest BCUT2D eigenvalue weighted by Gasteiger charge is 2.19. The molecule has 7 heteroatoms. The van der Waals surface area contributed by atoms with Gasteiger partial charge in [0.2, 0.25) is 0 Å². The molecule has 1 amide bonds. The van der Waals surface area contributed by atoms with Crippen LogP contribution in [0.2, 0.25) is 0 Å². The molecular formula is C19H21N3O4. The number of pyridine rings is 1. The molecule has 7 nitrogen and oxygen atoms in total. The molecular weight excluding hydrogens is 334 g/mol. The molecule has 0 aliphatic carbocycles. The van der Waals surface area contributed by atoms with Crippen molar-refractivity contribution in [1.29, 1.82) is 0 Å². The molecule has 0 bridgehead atoms. The number of nitrogens with one attached hydrogen (secondary N) is 1. The van der Waals surface area contributed by atoms with E-state index in [4.69, 9.17) is 9.47 Å². The average Bonchev–Trinajstić information content (AvgIpc) is 2.69. The smallest absolute Gasteiger partial charge is 0.338 e. The van der Waals surface area contributed by atoms with Crippen molar-refractivity contribution in [1.82, 2.24) is 9.88 Å². The molecule has 0 saturated carbocycles. The zero-order chi connectivity index (χ0) is 18.4. The first-order valence-corrected chi connectivity index (χ1v) is 8.53. The van der Waals surface area contributed by atoms with Crippen LogP contribution in [0.15, 0.2) is 42.7 Å². The second-order valence-electron chi connectivity index (χ2n) is 5.79. The number of carbonyl (C=O) groups excluding carboxylic acids is 2. The Labute approximate surface area is 151 Å². The summed E-state index contributed by atoms with van der Waals surface area (Å²) in [4.78, 5) is 30.1. The molecule has 1 aliphatic heterocycles. The quantitative estimate of drug-likeness (QED) is 0.830. The van der Waals surface area contributed by atoms with Gasteiger partial charge < -0.3 is 19.7 Å². The van der Waals surface area contributed by atoms with Crippen LogP contribution in [0.1, 0.15) is 27.6 Å². The summed E-state index contributed by atoms with van der Waals surface area (Å²) in [6.07, 6.45) is 3.21. The third-order valence-corrected chi connectivity index (χ3v) is 3.97. The van der Waals surface area contributed by atoms with Gasteiger partial charge in [-0.2, -0.15) is 0 Å². The van der Waals surface area contributed by atoms with Crippen molar-refractivity contribution in [2.24, 2.45) is 0 Å². The van der Waals surface area contributed by atoms with Crippen LogP contribution in [0.25, 0.3) is 0 Å². The van der Waals surface area contributed by atoms with E-state index < -0.39 is 0 Å². The molecule has 1 saturated heterocycles. The fraction of sp³-hybridized carbons (Fsp3) is 0.316. The first-order valence-electron chi connectivity index (χ1n) is 8.53. The van der Waals surface area contributed by atoms with Crippen LogP contribution in [-0.2, 0) is 9.47 Å². The van der Waals surface area contributed by atoms with Crippen LogP contribution in [-0.4, -0.2) is 54.7 Å². The summed E-state index contributed by atoms with van der Waals surface area (Å²) in [6, 6.07) is 8.71. The minimum Gasteiger partial charge on any atom is -0.462 e. The molecule has 1 aliphatic rings. The van der Waals surface area contributed by atoms with Gasteiger partial charge in [0.15, 0.2) is 0 Å². The molecule has 1 fully saturated rings. The Kier molecular flexibility index (Phi) is 5.80.